The summed E-state index contributed by atoms with van der Waals surface area (Å²) < 4.78 is 0. The van der Waals surface area contributed by atoms with Gasteiger partial charge in [-0.25, -0.2) is 0 Å². The predicted octanol–water partition coefficient (Wildman–Crippen LogP) is 2.03. The molecule has 1 aromatic heterocycles. The van der Waals surface area contributed by atoms with Gasteiger partial charge in [-0.05, 0) is 61.6 Å². The van der Waals surface area contributed by atoms with E-state index >= 15 is 0 Å². The molecule has 4 unspecified atom stereocenters. The van der Waals surface area contributed by atoms with E-state index in [1.807, 2.05) is 24.4 Å². The molecule has 2 N–H and O–H groups in total. The van der Waals surface area contributed by atoms with Crippen LogP contribution in [-0.4, -0.2) is 29.8 Å². The van der Waals surface area contributed by atoms with Crippen molar-refractivity contribution in [2.45, 2.75) is 19.3 Å². The lowest BCUT2D eigenvalue weighted by atomic mass is 9.93. The van der Waals surface area contributed by atoms with Crippen LogP contribution in [-0.2, 0) is 6.42 Å². The molecule has 0 amide bonds. The fourth-order valence-corrected chi connectivity index (χ4v) is 3.62. The average molecular weight is 272 g/mol. The normalized spacial score (nSPS) is 28.9. The maximum atomic E-state index is 9.51. The topological polar surface area (TPSA) is 45.1 Å². The quantitative estimate of drug-likeness (QED) is 0.747. The van der Waals surface area contributed by atoms with Gasteiger partial charge < -0.3 is 10.4 Å². The molecular formula is C17H24N2O. The molecule has 1 fully saturated rings. The van der Waals surface area contributed by atoms with Gasteiger partial charge in [-0.3, -0.25) is 4.98 Å². The molecule has 0 radical (unpaired) electrons. The molecule has 4 atom stereocenters. The lowest BCUT2D eigenvalue weighted by Crippen LogP contribution is -2.32. The first kappa shape index (κ1) is 13.8. The van der Waals surface area contributed by atoms with Crippen molar-refractivity contribution >= 4 is 0 Å². The number of rotatable bonds is 7. The number of pyridine rings is 1. The Hall–Kier alpha value is -1.19. The number of aliphatic hydroxyl groups excluding tert-OH is 1. The van der Waals surface area contributed by atoms with Gasteiger partial charge in [0.2, 0.25) is 0 Å². The van der Waals surface area contributed by atoms with Crippen LogP contribution in [0.5, 0.6) is 0 Å². The molecule has 20 heavy (non-hydrogen) atoms. The third-order valence-electron chi connectivity index (χ3n) is 4.74. The second-order valence-electron chi connectivity index (χ2n) is 6.27. The molecule has 0 aliphatic heterocycles. The summed E-state index contributed by atoms with van der Waals surface area (Å²) in [7, 11) is 0. The zero-order valence-electron chi connectivity index (χ0n) is 11.9. The highest BCUT2D eigenvalue weighted by Crippen LogP contribution is 2.42. The van der Waals surface area contributed by atoms with Crippen molar-refractivity contribution in [3.63, 3.8) is 0 Å². The third-order valence-corrected chi connectivity index (χ3v) is 4.74. The number of hydrogen-bond acceptors (Lipinski definition) is 3. The molecular weight excluding hydrogens is 248 g/mol. The van der Waals surface area contributed by atoms with Gasteiger partial charge in [-0.1, -0.05) is 18.2 Å². The first-order valence-electron chi connectivity index (χ1n) is 7.75. The van der Waals surface area contributed by atoms with Crippen LogP contribution in [0.3, 0.4) is 0 Å². The highest BCUT2D eigenvalue weighted by Gasteiger charge is 2.35. The van der Waals surface area contributed by atoms with Gasteiger partial charge in [0.15, 0.2) is 0 Å². The Balaban J connectivity index is 1.41. The standard InChI is InChI=1S/C17H24N2O/c20-12-14(9-17-3-1-2-6-19-17)10-18-11-16-8-13-4-5-15(16)7-13/h1-6,13-16,18,20H,7-12H2. The van der Waals surface area contributed by atoms with Gasteiger partial charge in [0.25, 0.3) is 0 Å². The maximum Gasteiger partial charge on any atom is 0.0475 e. The van der Waals surface area contributed by atoms with Gasteiger partial charge in [-0.15, -0.1) is 0 Å². The summed E-state index contributed by atoms with van der Waals surface area (Å²) in [6.45, 7) is 2.19. The number of nitrogens with zero attached hydrogens (tertiary/aromatic N) is 1. The summed E-state index contributed by atoms with van der Waals surface area (Å²) in [5, 5.41) is 13.1. The fraction of sp³-hybridized carbons (Fsp3) is 0.588. The van der Waals surface area contributed by atoms with Crippen LogP contribution in [0.15, 0.2) is 36.5 Å². The summed E-state index contributed by atoms with van der Waals surface area (Å²) >= 11 is 0. The van der Waals surface area contributed by atoms with Crippen molar-refractivity contribution in [1.82, 2.24) is 10.3 Å². The highest BCUT2D eigenvalue weighted by atomic mass is 16.3. The van der Waals surface area contributed by atoms with Crippen LogP contribution in [0.25, 0.3) is 0 Å². The number of nitrogens with one attached hydrogen (secondary N) is 1. The molecule has 0 saturated heterocycles. The third kappa shape index (κ3) is 3.28. The van der Waals surface area contributed by atoms with Crippen LogP contribution >= 0.6 is 0 Å². The largest absolute Gasteiger partial charge is 0.396 e. The number of aliphatic hydroxyl groups is 1. The summed E-state index contributed by atoms with van der Waals surface area (Å²) in [4.78, 5) is 4.34. The SMILES string of the molecule is OCC(CNCC1CC2C=CC1C2)Cc1ccccn1. The Morgan fingerprint density at radius 2 is 2.25 bits per heavy atom. The van der Waals surface area contributed by atoms with Crippen molar-refractivity contribution in [2.24, 2.45) is 23.7 Å². The molecule has 3 rings (SSSR count). The molecule has 1 aromatic rings. The summed E-state index contributed by atoms with van der Waals surface area (Å²) in [6.07, 6.45) is 10.2. The summed E-state index contributed by atoms with van der Waals surface area (Å²) in [5.41, 5.74) is 1.07. The van der Waals surface area contributed by atoms with Crippen molar-refractivity contribution in [2.75, 3.05) is 19.7 Å². The molecule has 0 aromatic carbocycles. The minimum Gasteiger partial charge on any atom is -0.396 e. The first-order chi connectivity index (χ1) is 9.85. The van der Waals surface area contributed by atoms with Gasteiger partial charge in [-0.2, -0.15) is 0 Å². The predicted molar refractivity (Wildman–Crippen MR) is 80.2 cm³/mol. The highest BCUT2D eigenvalue weighted by molar-refractivity contribution is 5.10. The molecule has 2 bridgehead atoms. The lowest BCUT2D eigenvalue weighted by molar-refractivity contribution is 0.218. The monoisotopic (exact) mass is 272 g/mol. The lowest BCUT2D eigenvalue weighted by Gasteiger charge is -2.21. The van der Waals surface area contributed by atoms with Crippen LogP contribution in [0.1, 0.15) is 18.5 Å². The smallest absolute Gasteiger partial charge is 0.0475 e. The molecule has 1 saturated carbocycles. The van der Waals surface area contributed by atoms with E-state index in [2.05, 4.69) is 22.5 Å². The van der Waals surface area contributed by atoms with Crippen LogP contribution in [0.2, 0.25) is 0 Å². The van der Waals surface area contributed by atoms with Crippen molar-refractivity contribution in [1.29, 1.82) is 0 Å². The van der Waals surface area contributed by atoms with E-state index in [1.165, 1.54) is 12.8 Å². The Morgan fingerprint density at radius 1 is 1.30 bits per heavy atom. The molecule has 108 valence electrons. The summed E-state index contributed by atoms with van der Waals surface area (Å²) in [5.74, 6) is 2.71. The van der Waals surface area contributed by atoms with Crippen LogP contribution in [0, 0.1) is 23.7 Å². The van der Waals surface area contributed by atoms with E-state index in [4.69, 9.17) is 0 Å². The van der Waals surface area contributed by atoms with Crippen LogP contribution in [0.4, 0.5) is 0 Å². The Kier molecular flexibility index (Phi) is 4.48. The second kappa shape index (κ2) is 6.51. The molecule has 3 nitrogen and oxygen atoms in total. The minimum absolute atomic E-state index is 0.222. The Morgan fingerprint density at radius 3 is 2.90 bits per heavy atom. The first-order valence-corrected chi connectivity index (χ1v) is 7.75. The summed E-state index contributed by atoms with van der Waals surface area (Å²) in [6, 6.07) is 5.97. The van der Waals surface area contributed by atoms with E-state index in [1.54, 1.807) is 0 Å². The number of aromatic nitrogens is 1. The molecule has 2 aliphatic carbocycles. The second-order valence-corrected chi connectivity index (χ2v) is 6.27. The zero-order valence-corrected chi connectivity index (χ0v) is 11.9. The molecule has 0 spiro atoms. The minimum atomic E-state index is 0.222. The molecule has 2 aliphatic rings. The number of fused-ring (bicyclic) bond motifs is 2. The number of hydrogen-bond donors (Lipinski definition) is 2. The van der Waals surface area contributed by atoms with Crippen LogP contribution < -0.4 is 5.32 Å². The molecule has 3 heteroatoms. The van der Waals surface area contributed by atoms with E-state index in [0.717, 1.165) is 43.0 Å². The van der Waals surface area contributed by atoms with Gasteiger partial charge >= 0.3 is 0 Å². The van der Waals surface area contributed by atoms with E-state index in [9.17, 15) is 5.11 Å². The Labute approximate surface area is 121 Å². The van der Waals surface area contributed by atoms with Gasteiger partial charge in [0, 0.05) is 25.0 Å². The van der Waals surface area contributed by atoms with E-state index < -0.39 is 0 Å². The van der Waals surface area contributed by atoms with Gasteiger partial charge in [0.05, 0.1) is 0 Å². The Bertz CT molecular complexity index is 446. The zero-order chi connectivity index (χ0) is 13.8. The fourth-order valence-electron chi connectivity index (χ4n) is 3.62. The van der Waals surface area contributed by atoms with E-state index in [0.29, 0.717) is 0 Å². The van der Waals surface area contributed by atoms with Crippen molar-refractivity contribution in [3.8, 4) is 0 Å². The maximum absolute atomic E-state index is 9.51. The van der Waals surface area contributed by atoms with Crippen molar-refractivity contribution < 1.29 is 5.11 Å². The van der Waals surface area contributed by atoms with Gasteiger partial charge in [0.1, 0.15) is 0 Å². The molecule has 1 heterocycles. The van der Waals surface area contributed by atoms with Crippen molar-refractivity contribution in [3.05, 3.63) is 42.2 Å². The van der Waals surface area contributed by atoms with E-state index in [-0.39, 0.29) is 12.5 Å². The number of allylic oxidation sites excluding steroid dienone is 2. The average Bonchev–Trinajstić information content (AvgIpc) is 3.10.